The van der Waals surface area contributed by atoms with Crippen molar-refractivity contribution in [2.24, 2.45) is 0 Å². The lowest BCUT2D eigenvalue weighted by Crippen LogP contribution is -2.28. The fraction of sp³-hybridized carbons (Fsp3) is 0.444. The van der Waals surface area contributed by atoms with Gasteiger partial charge in [-0.2, -0.15) is 0 Å². The van der Waals surface area contributed by atoms with E-state index in [4.69, 9.17) is 0 Å². The highest BCUT2D eigenvalue weighted by molar-refractivity contribution is 8.04. The lowest BCUT2D eigenvalue weighted by atomic mass is 10.0. The third kappa shape index (κ3) is 5.02. The van der Waals surface area contributed by atoms with Crippen LogP contribution in [0.4, 0.5) is 0 Å². The summed E-state index contributed by atoms with van der Waals surface area (Å²) >= 11 is 1.50. The molecule has 1 aliphatic rings. The molecule has 118 valence electrons. The van der Waals surface area contributed by atoms with Crippen molar-refractivity contribution < 1.29 is 9.59 Å². The Bertz CT molecular complexity index is 539. The lowest BCUT2D eigenvalue weighted by molar-refractivity contribution is -0.117. The van der Waals surface area contributed by atoms with Gasteiger partial charge in [0.1, 0.15) is 0 Å². The zero-order chi connectivity index (χ0) is 15.8. The van der Waals surface area contributed by atoms with Gasteiger partial charge in [0.05, 0.1) is 10.9 Å². The van der Waals surface area contributed by atoms with Crippen molar-refractivity contribution in [3.63, 3.8) is 0 Å². The Kier molecular flexibility index (Phi) is 6.72. The number of carbonyl (C=O) groups is 2. The van der Waals surface area contributed by atoms with Gasteiger partial charge >= 0.3 is 0 Å². The molecule has 1 amide bonds. The third-order valence-electron chi connectivity index (χ3n) is 3.68. The molecule has 0 bridgehead atoms. The maximum atomic E-state index is 12.3. The zero-order valence-electron chi connectivity index (χ0n) is 13.0. The van der Waals surface area contributed by atoms with Crippen LogP contribution in [-0.4, -0.2) is 17.4 Å². The van der Waals surface area contributed by atoms with Crippen LogP contribution in [-0.2, 0) is 9.59 Å². The normalized spacial score (nSPS) is 18.6. The second-order valence-corrected chi connectivity index (χ2v) is 6.66. The number of ketones is 1. The van der Waals surface area contributed by atoms with Crippen molar-refractivity contribution in [1.29, 1.82) is 0 Å². The summed E-state index contributed by atoms with van der Waals surface area (Å²) in [4.78, 5) is 24.9. The molecule has 1 heterocycles. The van der Waals surface area contributed by atoms with Crippen molar-refractivity contribution in [3.05, 3.63) is 46.9 Å². The molecule has 0 saturated heterocycles. The first-order valence-corrected chi connectivity index (χ1v) is 8.92. The van der Waals surface area contributed by atoms with Crippen LogP contribution in [0.25, 0.3) is 0 Å². The second-order valence-electron chi connectivity index (χ2n) is 5.52. The predicted octanol–water partition coefficient (Wildman–Crippen LogP) is 4.01. The molecular weight excluding hydrogens is 294 g/mol. The molecule has 1 aromatic rings. The van der Waals surface area contributed by atoms with Gasteiger partial charge in [-0.15, -0.1) is 11.8 Å². The maximum Gasteiger partial charge on any atom is 0.258 e. The monoisotopic (exact) mass is 317 g/mol. The molecule has 3 nitrogen and oxygen atoms in total. The average Bonchev–Trinajstić information content (AvgIpc) is 2.67. The fourth-order valence-corrected chi connectivity index (χ4v) is 3.43. The number of rotatable bonds is 7. The summed E-state index contributed by atoms with van der Waals surface area (Å²) in [6, 6.07) is 9.44. The highest BCUT2D eigenvalue weighted by Gasteiger charge is 2.24. The minimum atomic E-state index is -0.226. The molecule has 1 atom stereocenters. The number of nitrogens with one attached hydrogen (secondary N) is 1. The van der Waals surface area contributed by atoms with Gasteiger partial charge in [-0.3, -0.25) is 9.59 Å². The second kappa shape index (κ2) is 8.79. The van der Waals surface area contributed by atoms with Gasteiger partial charge in [0.25, 0.3) is 5.91 Å². The first-order chi connectivity index (χ1) is 10.7. The fourth-order valence-electron chi connectivity index (χ4n) is 2.46. The van der Waals surface area contributed by atoms with E-state index in [0.717, 1.165) is 17.7 Å². The molecule has 0 radical (unpaired) electrons. The summed E-state index contributed by atoms with van der Waals surface area (Å²) in [5.74, 6) is 0.783. The van der Waals surface area contributed by atoms with Crippen LogP contribution in [0, 0.1) is 0 Å². The standard InChI is InChI=1S/C18H23NO2S/c1-2-3-4-8-11-22-17-13-15(20)12-16(19-18(17)21)14-9-6-5-7-10-14/h5-7,9-10,13,16H,2-4,8,11-12H2,1H3,(H,19,21). The Morgan fingerprint density at radius 3 is 2.64 bits per heavy atom. The topological polar surface area (TPSA) is 46.2 Å². The van der Waals surface area contributed by atoms with E-state index in [1.54, 1.807) is 0 Å². The lowest BCUT2D eigenvalue weighted by Gasteiger charge is -2.16. The van der Waals surface area contributed by atoms with Crippen molar-refractivity contribution in [3.8, 4) is 0 Å². The summed E-state index contributed by atoms with van der Waals surface area (Å²) in [6.45, 7) is 2.18. The van der Waals surface area contributed by atoms with Crippen LogP contribution >= 0.6 is 11.8 Å². The first-order valence-electron chi connectivity index (χ1n) is 7.94. The minimum absolute atomic E-state index is 0.0169. The van der Waals surface area contributed by atoms with Gasteiger partial charge in [-0.05, 0) is 17.7 Å². The summed E-state index contributed by atoms with van der Waals surface area (Å²) in [6.07, 6.45) is 6.53. The first kappa shape index (κ1) is 16.8. The van der Waals surface area contributed by atoms with Gasteiger partial charge in [0.15, 0.2) is 5.78 Å². The molecule has 0 aromatic heterocycles. The summed E-state index contributed by atoms with van der Waals surface area (Å²) in [7, 11) is 0. The maximum absolute atomic E-state index is 12.3. The average molecular weight is 317 g/mol. The Labute approximate surface area is 136 Å². The SMILES string of the molecule is CCCCCCSC1=CC(=O)CC(c2ccccc2)NC1=O. The summed E-state index contributed by atoms with van der Waals surface area (Å²) < 4.78 is 0. The quantitative estimate of drug-likeness (QED) is 0.773. The summed E-state index contributed by atoms with van der Waals surface area (Å²) in [5, 5.41) is 2.98. The molecule has 1 N–H and O–H groups in total. The van der Waals surface area contributed by atoms with Crippen molar-refractivity contribution in [1.82, 2.24) is 5.32 Å². The van der Waals surface area contributed by atoms with E-state index in [1.165, 1.54) is 37.1 Å². The number of benzene rings is 1. The van der Waals surface area contributed by atoms with Gasteiger partial charge in [-0.1, -0.05) is 56.5 Å². The van der Waals surface area contributed by atoms with Crippen LogP contribution in [0.5, 0.6) is 0 Å². The molecule has 22 heavy (non-hydrogen) atoms. The van der Waals surface area contributed by atoms with Gasteiger partial charge < -0.3 is 5.32 Å². The Hall–Kier alpha value is -1.55. The Balaban J connectivity index is 1.94. The number of hydrogen-bond acceptors (Lipinski definition) is 3. The van der Waals surface area contributed by atoms with Crippen LogP contribution < -0.4 is 5.32 Å². The highest BCUT2D eigenvalue weighted by atomic mass is 32.2. The highest BCUT2D eigenvalue weighted by Crippen LogP contribution is 2.26. The molecule has 1 aliphatic heterocycles. The van der Waals surface area contributed by atoms with Crippen LogP contribution in [0.2, 0.25) is 0 Å². The summed E-state index contributed by atoms with van der Waals surface area (Å²) in [5.41, 5.74) is 0.979. The molecule has 4 heteroatoms. The van der Waals surface area contributed by atoms with Crippen molar-refractivity contribution in [2.45, 2.75) is 45.1 Å². The third-order valence-corrected chi connectivity index (χ3v) is 4.79. The molecule has 1 aromatic carbocycles. The number of hydrogen-bond donors (Lipinski definition) is 1. The number of allylic oxidation sites excluding steroid dienone is 1. The largest absolute Gasteiger partial charge is 0.344 e. The molecule has 2 rings (SSSR count). The van der Waals surface area contributed by atoms with Crippen LogP contribution in [0.3, 0.4) is 0 Å². The van der Waals surface area contributed by atoms with E-state index in [-0.39, 0.29) is 17.7 Å². The Morgan fingerprint density at radius 1 is 1.14 bits per heavy atom. The van der Waals surface area contributed by atoms with Crippen molar-refractivity contribution in [2.75, 3.05) is 5.75 Å². The molecule has 0 spiro atoms. The molecule has 0 saturated carbocycles. The number of amides is 1. The zero-order valence-corrected chi connectivity index (χ0v) is 13.8. The van der Waals surface area contributed by atoms with E-state index < -0.39 is 0 Å². The number of carbonyl (C=O) groups excluding carboxylic acids is 2. The predicted molar refractivity (Wildman–Crippen MR) is 91.6 cm³/mol. The van der Waals surface area contributed by atoms with Crippen molar-refractivity contribution >= 4 is 23.5 Å². The Morgan fingerprint density at radius 2 is 1.91 bits per heavy atom. The van der Waals surface area contributed by atoms with Gasteiger partial charge in [0, 0.05) is 12.5 Å². The van der Waals surface area contributed by atoms with Crippen LogP contribution in [0.1, 0.15) is 50.6 Å². The van der Waals surface area contributed by atoms with E-state index in [0.29, 0.717) is 11.3 Å². The van der Waals surface area contributed by atoms with Gasteiger partial charge in [0.2, 0.25) is 0 Å². The van der Waals surface area contributed by atoms with E-state index in [9.17, 15) is 9.59 Å². The smallest absolute Gasteiger partial charge is 0.258 e. The molecule has 0 fully saturated rings. The van der Waals surface area contributed by atoms with E-state index in [1.807, 2.05) is 30.3 Å². The molecule has 1 unspecified atom stereocenters. The molecular formula is C18H23NO2S. The van der Waals surface area contributed by atoms with E-state index in [2.05, 4.69) is 12.2 Å². The minimum Gasteiger partial charge on any atom is -0.344 e. The number of thioether (sulfide) groups is 1. The molecule has 0 aliphatic carbocycles. The van der Waals surface area contributed by atoms with E-state index >= 15 is 0 Å². The van der Waals surface area contributed by atoms with Gasteiger partial charge in [-0.25, -0.2) is 0 Å². The number of unbranched alkanes of at least 4 members (excludes halogenated alkanes) is 3. The van der Waals surface area contributed by atoms with Crippen LogP contribution in [0.15, 0.2) is 41.3 Å².